The van der Waals surface area contributed by atoms with Crippen molar-refractivity contribution < 1.29 is 27.7 Å². The van der Waals surface area contributed by atoms with Crippen LogP contribution in [0, 0.1) is 0 Å². The van der Waals surface area contributed by atoms with Gasteiger partial charge in [-0.15, -0.1) is 0 Å². The number of phosphoric ester groups is 1. The van der Waals surface area contributed by atoms with Crippen LogP contribution >= 0.6 is 7.82 Å². The summed E-state index contributed by atoms with van der Waals surface area (Å²) in [5, 5.41) is 0. The number of rotatable bonds is 22. The van der Waals surface area contributed by atoms with Gasteiger partial charge >= 0.3 is 7.82 Å². The molecule has 42 heavy (non-hydrogen) atoms. The first kappa shape index (κ1) is 38.6. The van der Waals surface area contributed by atoms with E-state index >= 15 is 0 Å². The van der Waals surface area contributed by atoms with E-state index in [1.807, 2.05) is 43.3 Å². The van der Waals surface area contributed by atoms with Crippen molar-refractivity contribution in [1.82, 2.24) is 9.80 Å². The fourth-order valence-electron chi connectivity index (χ4n) is 4.31. The number of likely N-dealkylation sites (N-methyl/N-ethyl adjacent to an activating group) is 1. The fraction of sp³-hybridized carbons (Fsp3) is 0.788. The number of unbranched alkanes of at least 4 members (excludes halogenated alkanes) is 7. The van der Waals surface area contributed by atoms with Crippen molar-refractivity contribution in [2.45, 2.75) is 124 Å². The van der Waals surface area contributed by atoms with Gasteiger partial charge in [0.15, 0.2) is 0 Å². The van der Waals surface area contributed by atoms with Crippen molar-refractivity contribution in [2.75, 3.05) is 46.9 Å². The summed E-state index contributed by atoms with van der Waals surface area (Å²) in [7, 11) is 0.106. The van der Waals surface area contributed by atoms with Crippen molar-refractivity contribution in [3.63, 3.8) is 0 Å². The van der Waals surface area contributed by atoms with Gasteiger partial charge in [-0.25, -0.2) is 4.57 Å². The highest BCUT2D eigenvalue weighted by Crippen LogP contribution is 2.55. The molecule has 0 N–H and O–H groups in total. The van der Waals surface area contributed by atoms with Gasteiger partial charge in [0.1, 0.15) is 5.75 Å². The molecule has 0 saturated heterocycles. The molecular formula is C33H61N2O6P. The largest absolute Gasteiger partial charge is 0.494 e. The third kappa shape index (κ3) is 19.7. The topological polar surface area (TPSA) is 77.5 Å². The lowest BCUT2D eigenvalue weighted by Crippen LogP contribution is -2.39. The van der Waals surface area contributed by atoms with E-state index in [0.717, 1.165) is 24.3 Å². The molecule has 1 aromatic rings. The molecule has 8 nitrogen and oxygen atoms in total. The number of nitrogens with zero attached hydrogens (tertiary/aromatic N) is 2. The smallest absolute Gasteiger partial charge is 0.475 e. The molecule has 0 radical (unpaired) electrons. The second-order valence-corrected chi connectivity index (χ2v) is 14.9. The quantitative estimate of drug-likeness (QED) is 0.0963. The number of carbonyl (C=O) groups is 1. The molecule has 244 valence electrons. The number of hydrogen-bond donors (Lipinski definition) is 0. The number of benzene rings is 1. The molecule has 0 aliphatic carbocycles. The van der Waals surface area contributed by atoms with E-state index in [0.29, 0.717) is 32.5 Å². The summed E-state index contributed by atoms with van der Waals surface area (Å²) in [6.45, 7) is 15.4. The van der Waals surface area contributed by atoms with E-state index in [9.17, 15) is 9.36 Å². The molecule has 1 rings (SSSR count). The molecule has 0 aliphatic heterocycles. The monoisotopic (exact) mass is 612 g/mol. The lowest BCUT2D eigenvalue weighted by Gasteiger charge is -2.31. The minimum atomic E-state index is -3.84. The van der Waals surface area contributed by atoms with Gasteiger partial charge in [0, 0.05) is 26.1 Å². The van der Waals surface area contributed by atoms with Gasteiger partial charge in [-0.1, -0.05) is 64.0 Å². The van der Waals surface area contributed by atoms with Crippen LogP contribution in [0.4, 0.5) is 0 Å². The van der Waals surface area contributed by atoms with Crippen molar-refractivity contribution >= 4 is 13.7 Å². The number of ether oxygens (including phenoxy) is 1. The zero-order valence-corrected chi connectivity index (χ0v) is 29.1. The number of hydrogen-bond acceptors (Lipinski definition) is 7. The maximum atomic E-state index is 13.4. The maximum absolute atomic E-state index is 13.4. The first-order valence-electron chi connectivity index (χ1n) is 15.9. The molecule has 0 saturated carbocycles. The van der Waals surface area contributed by atoms with Crippen LogP contribution in [0.1, 0.15) is 112 Å². The molecule has 9 heteroatoms. The van der Waals surface area contributed by atoms with Gasteiger partial charge in [0.25, 0.3) is 0 Å². The zero-order chi connectivity index (χ0) is 31.7. The molecule has 0 atom stereocenters. The Bertz CT molecular complexity index is 906. The van der Waals surface area contributed by atoms with Crippen molar-refractivity contribution in [2.24, 2.45) is 0 Å². The highest BCUT2D eigenvalue weighted by atomic mass is 31.2. The summed E-state index contributed by atoms with van der Waals surface area (Å²) in [4.78, 5) is 17.1. The average Bonchev–Trinajstić information content (AvgIpc) is 2.86. The molecule has 0 aromatic heterocycles. The van der Waals surface area contributed by atoms with Gasteiger partial charge in [0.2, 0.25) is 5.91 Å². The van der Waals surface area contributed by atoms with Crippen molar-refractivity contribution in [1.29, 1.82) is 0 Å². The Balaban J connectivity index is 2.63. The van der Waals surface area contributed by atoms with Gasteiger partial charge in [-0.05, 0) is 86.2 Å². The van der Waals surface area contributed by atoms with Crippen LogP contribution in [0.25, 0.3) is 0 Å². The van der Waals surface area contributed by atoms with Crippen LogP contribution < -0.4 is 4.74 Å². The highest BCUT2D eigenvalue weighted by Gasteiger charge is 2.37. The molecule has 0 fully saturated rings. The van der Waals surface area contributed by atoms with Crippen molar-refractivity contribution in [3.8, 4) is 5.75 Å². The molecular weight excluding hydrogens is 551 g/mol. The van der Waals surface area contributed by atoms with E-state index in [-0.39, 0.29) is 12.5 Å². The number of phosphoric acid groups is 1. The molecule has 1 aromatic carbocycles. The first-order chi connectivity index (χ1) is 19.6. The van der Waals surface area contributed by atoms with Gasteiger partial charge in [-0.2, -0.15) is 0 Å². The minimum Gasteiger partial charge on any atom is -0.494 e. The lowest BCUT2D eigenvalue weighted by atomic mass is 10.1. The number of carbonyl (C=O) groups excluding carboxylic acids is 1. The lowest BCUT2D eigenvalue weighted by molar-refractivity contribution is -0.132. The van der Waals surface area contributed by atoms with Gasteiger partial charge in [0.05, 0.1) is 24.4 Å². The third-order valence-corrected chi connectivity index (χ3v) is 8.39. The normalized spacial score (nSPS) is 12.6. The van der Waals surface area contributed by atoms with E-state index < -0.39 is 19.0 Å². The molecule has 0 aliphatic rings. The summed E-state index contributed by atoms with van der Waals surface area (Å²) < 4.78 is 36.5. The Morgan fingerprint density at radius 1 is 0.810 bits per heavy atom. The Morgan fingerprint density at radius 3 is 1.98 bits per heavy atom. The molecule has 1 amide bonds. The second kappa shape index (κ2) is 19.8. The SMILES string of the molecule is CCCCCCCCCCOc1cccc(CCC(=O)N(CCOP(=O)(OC(C)(C)C)OC(C)(C)C)CCN(C)C)c1. The van der Waals surface area contributed by atoms with Gasteiger partial charge in [-0.3, -0.25) is 18.4 Å². The minimum absolute atomic E-state index is 0.0222. The molecule has 0 bridgehead atoms. The molecule has 0 spiro atoms. The summed E-state index contributed by atoms with van der Waals surface area (Å²) >= 11 is 0. The summed E-state index contributed by atoms with van der Waals surface area (Å²) in [6.07, 6.45) is 11.2. The van der Waals surface area contributed by atoms with Gasteiger partial charge < -0.3 is 14.5 Å². The fourth-order valence-corrected chi connectivity index (χ4v) is 6.10. The predicted molar refractivity (Wildman–Crippen MR) is 173 cm³/mol. The second-order valence-electron chi connectivity index (χ2n) is 13.3. The Morgan fingerprint density at radius 2 is 1.40 bits per heavy atom. The van der Waals surface area contributed by atoms with E-state index in [4.69, 9.17) is 18.3 Å². The van der Waals surface area contributed by atoms with E-state index in [1.165, 1.54) is 44.9 Å². The van der Waals surface area contributed by atoms with Crippen LogP contribution in [-0.2, 0) is 29.4 Å². The van der Waals surface area contributed by atoms with E-state index in [2.05, 4.69) is 6.92 Å². The summed E-state index contributed by atoms with van der Waals surface area (Å²) in [6, 6.07) is 8.04. The van der Waals surface area contributed by atoms with Crippen molar-refractivity contribution in [3.05, 3.63) is 29.8 Å². The van der Waals surface area contributed by atoms with Crippen LogP contribution in [0.3, 0.4) is 0 Å². The number of aryl methyl sites for hydroxylation is 1. The Kier molecular flexibility index (Phi) is 18.2. The van der Waals surface area contributed by atoms with Crippen LogP contribution in [0.5, 0.6) is 5.75 Å². The third-order valence-electron chi connectivity index (χ3n) is 6.34. The maximum Gasteiger partial charge on any atom is 0.475 e. The van der Waals surface area contributed by atoms with Crippen LogP contribution in [0.15, 0.2) is 24.3 Å². The van der Waals surface area contributed by atoms with E-state index in [1.54, 1.807) is 46.4 Å². The molecule has 0 heterocycles. The predicted octanol–water partition coefficient (Wildman–Crippen LogP) is 8.28. The average molecular weight is 613 g/mol. The van der Waals surface area contributed by atoms with Crippen LogP contribution in [0.2, 0.25) is 0 Å². The Hall–Kier alpha value is -1.44. The zero-order valence-electron chi connectivity index (χ0n) is 28.2. The first-order valence-corrected chi connectivity index (χ1v) is 17.4. The summed E-state index contributed by atoms with van der Waals surface area (Å²) in [5.41, 5.74) is -0.358. The number of amides is 1. The van der Waals surface area contributed by atoms with Crippen LogP contribution in [-0.4, -0.2) is 73.9 Å². The highest BCUT2D eigenvalue weighted by molar-refractivity contribution is 7.48. The standard InChI is InChI=1S/C33H61N2O6P/c1-10-11-12-13-14-15-16-17-26-38-30-20-18-19-29(28-30)21-22-31(36)35(24-23-34(8)9)25-27-39-42(37,40-32(2,3)4)41-33(5,6)7/h18-20,28H,10-17,21-27H2,1-9H3. The Labute approximate surface area is 257 Å². The molecule has 0 unspecified atom stereocenters. The summed E-state index contributed by atoms with van der Waals surface area (Å²) in [5.74, 6) is 0.878.